The van der Waals surface area contributed by atoms with E-state index in [1.165, 1.54) is 10.4 Å². The van der Waals surface area contributed by atoms with Gasteiger partial charge in [-0.05, 0) is 12.1 Å². The number of hydrogen-bond acceptors (Lipinski definition) is 1. The van der Waals surface area contributed by atoms with E-state index in [-0.39, 0.29) is 5.43 Å². The Hall–Kier alpha value is -0.676. The summed E-state index contributed by atoms with van der Waals surface area (Å²) in [6.45, 7) is 13.8. The zero-order valence-corrected chi connectivity index (χ0v) is 13.2. The first-order chi connectivity index (χ1) is 7.10. The Bertz CT molecular complexity index is 439. The van der Waals surface area contributed by atoms with Crippen LogP contribution in [-0.4, -0.2) is 16.1 Å². The minimum Gasteiger partial charge on any atom is -0.290 e. The van der Waals surface area contributed by atoms with Gasteiger partial charge in [0.05, 0.1) is 16.1 Å². The second kappa shape index (κ2) is 4.30. The van der Waals surface area contributed by atoms with Crippen molar-refractivity contribution in [3.63, 3.8) is 0 Å². The maximum Gasteiger partial charge on any atom is 0.178 e. The Kier molecular flexibility index (Phi) is 3.60. The van der Waals surface area contributed by atoms with Crippen molar-refractivity contribution in [2.24, 2.45) is 0 Å². The summed E-state index contributed by atoms with van der Waals surface area (Å²) in [5.74, 6) is 0. The van der Waals surface area contributed by atoms with Crippen LogP contribution in [0, 0.1) is 0 Å². The molecule has 0 unspecified atom stereocenters. The zero-order chi connectivity index (χ0) is 12.6. The summed E-state index contributed by atoms with van der Waals surface area (Å²) in [6.07, 6.45) is 0. The number of hydrogen-bond donors (Lipinski definition) is 0. The largest absolute Gasteiger partial charge is 0.290 e. The fourth-order valence-electron chi connectivity index (χ4n) is 1.53. The average Bonchev–Trinajstić information content (AvgIpc) is 2.24. The van der Waals surface area contributed by atoms with Gasteiger partial charge in [-0.2, -0.15) is 0 Å². The minimum atomic E-state index is -1.40. The molecule has 0 saturated heterocycles. The highest BCUT2D eigenvalue weighted by Gasteiger charge is 2.21. The van der Waals surface area contributed by atoms with Crippen LogP contribution in [-0.2, 0) is 0 Å². The van der Waals surface area contributed by atoms with Crippen molar-refractivity contribution in [3.8, 4) is 0 Å². The predicted molar refractivity (Wildman–Crippen MR) is 78.7 cm³/mol. The van der Waals surface area contributed by atoms with Crippen LogP contribution in [0.25, 0.3) is 0 Å². The van der Waals surface area contributed by atoms with E-state index in [0.717, 1.165) is 0 Å². The van der Waals surface area contributed by atoms with Gasteiger partial charge in [0.2, 0.25) is 0 Å². The van der Waals surface area contributed by atoms with E-state index < -0.39 is 16.1 Å². The molecule has 0 atom stereocenters. The molecule has 0 heterocycles. The highest BCUT2D eigenvalue weighted by Crippen LogP contribution is 2.03. The molecule has 0 spiro atoms. The van der Waals surface area contributed by atoms with Crippen molar-refractivity contribution in [1.82, 2.24) is 0 Å². The van der Waals surface area contributed by atoms with Crippen LogP contribution in [0.4, 0.5) is 0 Å². The van der Waals surface area contributed by atoms with Crippen LogP contribution in [0.5, 0.6) is 0 Å². The second-order valence-corrected chi connectivity index (χ2v) is 16.6. The fraction of sp³-hybridized carbons (Fsp3) is 0.462. The molecule has 0 bridgehead atoms. The molecule has 0 aromatic heterocycles. The Morgan fingerprint density at radius 2 is 1.25 bits per heavy atom. The van der Waals surface area contributed by atoms with E-state index in [2.05, 4.69) is 45.3 Å². The predicted octanol–water partition coefficient (Wildman–Crippen LogP) is 2.14. The average molecular weight is 250 g/mol. The summed E-state index contributed by atoms with van der Waals surface area (Å²) in [7, 11) is -2.74. The monoisotopic (exact) mass is 250 g/mol. The van der Waals surface area contributed by atoms with Gasteiger partial charge in [0, 0.05) is 0 Å². The van der Waals surface area contributed by atoms with Crippen molar-refractivity contribution >= 4 is 26.5 Å². The molecule has 3 heteroatoms. The first-order valence-corrected chi connectivity index (χ1v) is 12.8. The molecular formula is C13H22OSi2. The highest BCUT2D eigenvalue weighted by molar-refractivity contribution is 6.91. The van der Waals surface area contributed by atoms with Crippen molar-refractivity contribution in [3.05, 3.63) is 34.5 Å². The third-order valence-electron chi connectivity index (χ3n) is 2.77. The molecule has 0 saturated carbocycles. The smallest absolute Gasteiger partial charge is 0.178 e. The molecule has 0 aliphatic carbocycles. The van der Waals surface area contributed by atoms with Gasteiger partial charge in [-0.15, -0.1) is 0 Å². The van der Waals surface area contributed by atoms with Gasteiger partial charge in [-0.1, -0.05) is 61.8 Å². The van der Waals surface area contributed by atoms with Crippen molar-refractivity contribution in [2.45, 2.75) is 39.3 Å². The number of rotatable bonds is 2. The van der Waals surface area contributed by atoms with Gasteiger partial charge in [0.25, 0.3) is 0 Å². The van der Waals surface area contributed by atoms with Crippen LogP contribution in [0.15, 0.2) is 29.1 Å². The third kappa shape index (κ3) is 3.42. The summed E-state index contributed by atoms with van der Waals surface area (Å²) in [5.41, 5.74) is 0.141. The van der Waals surface area contributed by atoms with Gasteiger partial charge < -0.3 is 0 Å². The summed E-state index contributed by atoms with van der Waals surface area (Å²) < 4.78 is 0. The van der Waals surface area contributed by atoms with Gasteiger partial charge in [-0.25, -0.2) is 0 Å². The van der Waals surface area contributed by atoms with Crippen LogP contribution in [0.2, 0.25) is 39.3 Å². The molecule has 1 rings (SSSR count). The van der Waals surface area contributed by atoms with E-state index >= 15 is 0 Å². The van der Waals surface area contributed by atoms with E-state index in [9.17, 15) is 4.79 Å². The molecular weight excluding hydrogens is 228 g/mol. The topological polar surface area (TPSA) is 17.1 Å². The van der Waals surface area contributed by atoms with E-state index in [1.807, 2.05) is 12.1 Å². The van der Waals surface area contributed by atoms with Crippen LogP contribution in [0.1, 0.15) is 0 Å². The minimum absolute atomic E-state index is 0.141. The summed E-state index contributed by atoms with van der Waals surface area (Å²) in [5, 5.41) is 2.66. The molecule has 1 aromatic carbocycles. The Morgan fingerprint density at radius 3 is 1.69 bits per heavy atom. The summed E-state index contributed by atoms with van der Waals surface area (Å²) in [4.78, 5) is 11.7. The van der Waals surface area contributed by atoms with Gasteiger partial charge in [-0.3, -0.25) is 4.79 Å². The maximum absolute atomic E-state index is 11.7. The van der Waals surface area contributed by atoms with Crippen LogP contribution < -0.4 is 15.8 Å². The van der Waals surface area contributed by atoms with E-state index in [0.29, 0.717) is 0 Å². The second-order valence-electron chi connectivity index (χ2n) is 6.44. The SMILES string of the molecule is C[Si](C)(C)c1ccc(=O)cc([Si](C)(C)C)c1. The molecule has 0 radical (unpaired) electrons. The lowest BCUT2D eigenvalue weighted by Gasteiger charge is -2.19. The highest BCUT2D eigenvalue weighted by atomic mass is 28.3. The lowest BCUT2D eigenvalue weighted by Crippen LogP contribution is -2.43. The molecule has 0 aliphatic heterocycles. The summed E-state index contributed by atoms with van der Waals surface area (Å²) >= 11 is 0. The first kappa shape index (κ1) is 13.4. The normalized spacial score (nSPS) is 12.6. The molecule has 16 heavy (non-hydrogen) atoms. The van der Waals surface area contributed by atoms with Crippen molar-refractivity contribution in [2.75, 3.05) is 0 Å². The van der Waals surface area contributed by atoms with Gasteiger partial charge >= 0.3 is 0 Å². The Balaban J connectivity index is 3.50. The molecule has 0 N–H and O–H groups in total. The Morgan fingerprint density at radius 1 is 0.750 bits per heavy atom. The summed E-state index contributed by atoms with van der Waals surface area (Å²) in [6, 6.07) is 7.85. The van der Waals surface area contributed by atoms with E-state index in [1.54, 1.807) is 6.07 Å². The van der Waals surface area contributed by atoms with Crippen LogP contribution >= 0.6 is 0 Å². The fourth-order valence-corrected chi connectivity index (χ4v) is 4.01. The lowest BCUT2D eigenvalue weighted by molar-refractivity contribution is 1.67. The van der Waals surface area contributed by atoms with Gasteiger partial charge in [0.15, 0.2) is 5.43 Å². The van der Waals surface area contributed by atoms with Crippen LogP contribution in [0.3, 0.4) is 0 Å². The third-order valence-corrected chi connectivity index (χ3v) is 6.83. The Labute approximate surface area is 101 Å². The molecule has 0 aliphatic rings. The molecule has 0 fully saturated rings. The molecule has 1 aromatic rings. The van der Waals surface area contributed by atoms with E-state index in [4.69, 9.17) is 0 Å². The standard InChI is InChI=1S/C13H22OSi2/c1-15(2,3)12-8-7-11(14)9-13(10-12)16(4,5)6/h7-10H,1-6H3. The van der Waals surface area contributed by atoms with Gasteiger partial charge in [0.1, 0.15) is 0 Å². The maximum atomic E-state index is 11.7. The molecule has 0 amide bonds. The molecule has 88 valence electrons. The quantitative estimate of drug-likeness (QED) is 0.735. The lowest BCUT2D eigenvalue weighted by atomic mass is 10.5. The zero-order valence-electron chi connectivity index (χ0n) is 11.2. The molecule has 1 nitrogen and oxygen atoms in total. The first-order valence-electron chi connectivity index (χ1n) is 5.77. The van der Waals surface area contributed by atoms with Crippen molar-refractivity contribution < 1.29 is 0 Å². The van der Waals surface area contributed by atoms with Crippen molar-refractivity contribution in [1.29, 1.82) is 0 Å².